The lowest BCUT2D eigenvalue weighted by molar-refractivity contribution is 0.276. The van der Waals surface area contributed by atoms with Crippen molar-refractivity contribution in [3.63, 3.8) is 0 Å². The highest BCUT2D eigenvalue weighted by Crippen LogP contribution is 2.15. The zero-order chi connectivity index (χ0) is 14.2. The van der Waals surface area contributed by atoms with Crippen molar-refractivity contribution >= 4 is 5.69 Å². The summed E-state index contributed by atoms with van der Waals surface area (Å²) in [5, 5.41) is 19.4. The summed E-state index contributed by atoms with van der Waals surface area (Å²) >= 11 is 0. The highest BCUT2D eigenvalue weighted by molar-refractivity contribution is 5.37. The minimum atomic E-state index is 0.0481. The average Bonchev–Trinajstić information content (AvgIpc) is 2.53. The largest absolute Gasteiger partial charge is 0.392 e. The summed E-state index contributed by atoms with van der Waals surface area (Å²) in [6, 6.07) is 17.6. The molecule has 104 valence electrons. The van der Waals surface area contributed by atoms with Crippen molar-refractivity contribution in [2.45, 2.75) is 20.1 Å². The average molecular weight is 269 g/mol. The fourth-order valence-electron chi connectivity index (χ4n) is 1.78. The van der Waals surface area contributed by atoms with E-state index in [9.17, 15) is 0 Å². The number of benzene rings is 2. The van der Waals surface area contributed by atoms with Crippen LogP contribution in [-0.2, 0) is 13.2 Å². The Bertz CT molecular complexity index is 537. The zero-order valence-corrected chi connectivity index (χ0v) is 11.6. The van der Waals surface area contributed by atoms with Crippen molar-refractivity contribution in [3.8, 4) is 0 Å². The van der Waals surface area contributed by atoms with Crippen molar-refractivity contribution in [2.75, 3.05) is 6.54 Å². The van der Waals surface area contributed by atoms with Gasteiger partial charge in [-0.1, -0.05) is 47.7 Å². The van der Waals surface area contributed by atoms with Crippen molar-refractivity contribution < 1.29 is 5.11 Å². The quantitative estimate of drug-likeness (QED) is 0.642. The molecule has 0 amide bonds. The minimum Gasteiger partial charge on any atom is -0.392 e. The Labute approximate surface area is 119 Å². The lowest BCUT2D eigenvalue weighted by Gasteiger charge is -2.15. The van der Waals surface area contributed by atoms with E-state index >= 15 is 0 Å². The van der Waals surface area contributed by atoms with Crippen LogP contribution in [0.4, 0.5) is 5.69 Å². The highest BCUT2D eigenvalue weighted by atomic mass is 16.3. The number of nitrogens with zero attached hydrogens (tertiary/aromatic N) is 3. The molecular weight excluding hydrogens is 250 g/mol. The van der Waals surface area contributed by atoms with Crippen LogP contribution in [0.2, 0.25) is 0 Å². The predicted octanol–water partition coefficient (Wildman–Crippen LogP) is 3.70. The van der Waals surface area contributed by atoms with Gasteiger partial charge < -0.3 is 5.11 Å². The molecule has 0 spiro atoms. The maximum absolute atomic E-state index is 8.99. The molecule has 20 heavy (non-hydrogen) atoms. The van der Waals surface area contributed by atoms with Gasteiger partial charge >= 0.3 is 0 Å². The van der Waals surface area contributed by atoms with E-state index in [2.05, 4.69) is 29.4 Å². The molecule has 4 nitrogen and oxygen atoms in total. The number of hydrogen-bond acceptors (Lipinski definition) is 3. The first-order valence-corrected chi connectivity index (χ1v) is 6.72. The van der Waals surface area contributed by atoms with Crippen molar-refractivity contribution in [1.29, 1.82) is 0 Å². The van der Waals surface area contributed by atoms with Crippen LogP contribution < -0.4 is 0 Å². The molecule has 0 aliphatic heterocycles. The smallest absolute Gasteiger partial charge is 0.0874 e. The van der Waals surface area contributed by atoms with E-state index in [0.29, 0.717) is 0 Å². The van der Waals surface area contributed by atoms with E-state index in [0.717, 1.165) is 24.3 Å². The second-order valence-corrected chi connectivity index (χ2v) is 4.48. The third-order valence-electron chi connectivity index (χ3n) is 2.98. The Morgan fingerprint density at radius 3 is 2.25 bits per heavy atom. The first kappa shape index (κ1) is 14.2. The van der Waals surface area contributed by atoms with Gasteiger partial charge in [-0.2, -0.15) is 0 Å². The second-order valence-electron chi connectivity index (χ2n) is 4.48. The van der Waals surface area contributed by atoms with Gasteiger partial charge in [0.25, 0.3) is 0 Å². The Balaban J connectivity index is 1.99. The lowest BCUT2D eigenvalue weighted by atomic mass is 10.2. The third-order valence-corrected chi connectivity index (χ3v) is 2.98. The first-order valence-electron chi connectivity index (χ1n) is 6.72. The standard InChI is InChI=1S/C16H19N3O/c1-2-19(12-14-6-4-3-5-7-14)18-17-16-10-8-15(13-20)9-11-16/h3-11,20H,2,12-13H2,1H3. The Hall–Kier alpha value is -2.20. The monoisotopic (exact) mass is 269 g/mol. The van der Waals surface area contributed by atoms with Crippen molar-refractivity contribution in [2.24, 2.45) is 10.3 Å². The van der Waals surface area contributed by atoms with Crippen LogP contribution >= 0.6 is 0 Å². The molecule has 0 fully saturated rings. The van der Waals surface area contributed by atoms with E-state index in [-0.39, 0.29) is 6.61 Å². The van der Waals surface area contributed by atoms with Gasteiger partial charge in [0.2, 0.25) is 0 Å². The lowest BCUT2D eigenvalue weighted by Crippen LogP contribution is -2.15. The third kappa shape index (κ3) is 4.17. The fraction of sp³-hybridized carbons (Fsp3) is 0.250. The molecule has 0 atom stereocenters. The van der Waals surface area contributed by atoms with Crippen LogP contribution in [0.5, 0.6) is 0 Å². The normalized spacial score (nSPS) is 10.9. The summed E-state index contributed by atoms with van der Waals surface area (Å²) in [7, 11) is 0. The van der Waals surface area contributed by atoms with Crippen LogP contribution in [-0.4, -0.2) is 16.7 Å². The number of hydrogen-bond donors (Lipinski definition) is 1. The molecule has 0 aliphatic rings. The number of aliphatic hydroxyl groups excluding tert-OH is 1. The maximum atomic E-state index is 8.99. The molecule has 0 saturated heterocycles. The van der Waals surface area contributed by atoms with Crippen molar-refractivity contribution in [1.82, 2.24) is 5.01 Å². The Morgan fingerprint density at radius 1 is 0.950 bits per heavy atom. The molecule has 2 aromatic rings. The summed E-state index contributed by atoms with van der Waals surface area (Å²) < 4.78 is 0. The number of aliphatic hydroxyl groups is 1. The van der Waals surface area contributed by atoms with Gasteiger partial charge in [-0.15, -0.1) is 5.11 Å². The van der Waals surface area contributed by atoms with E-state index in [1.54, 1.807) is 0 Å². The van der Waals surface area contributed by atoms with Gasteiger partial charge in [0.15, 0.2) is 0 Å². The molecular formula is C16H19N3O. The molecule has 0 aromatic heterocycles. The van der Waals surface area contributed by atoms with Crippen molar-refractivity contribution in [3.05, 3.63) is 65.7 Å². The Kier molecular flexibility index (Phi) is 5.26. The molecule has 2 rings (SSSR count). The summed E-state index contributed by atoms with van der Waals surface area (Å²) in [4.78, 5) is 0. The van der Waals surface area contributed by atoms with E-state index in [1.165, 1.54) is 5.56 Å². The predicted molar refractivity (Wildman–Crippen MR) is 79.4 cm³/mol. The Morgan fingerprint density at radius 2 is 1.65 bits per heavy atom. The van der Waals surface area contributed by atoms with Gasteiger partial charge in [0, 0.05) is 6.54 Å². The fourth-order valence-corrected chi connectivity index (χ4v) is 1.78. The van der Waals surface area contributed by atoms with Crippen LogP contribution in [0.25, 0.3) is 0 Å². The zero-order valence-electron chi connectivity index (χ0n) is 11.6. The van der Waals surface area contributed by atoms with Crippen LogP contribution in [0.15, 0.2) is 64.9 Å². The maximum Gasteiger partial charge on any atom is 0.0874 e. The molecule has 0 heterocycles. The second kappa shape index (κ2) is 7.40. The summed E-state index contributed by atoms with van der Waals surface area (Å²) in [5.41, 5.74) is 2.87. The summed E-state index contributed by atoms with van der Waals surface area (Å²) in [6.45, 7) is 3.64. The molecule has 0 aliphatic carbocycles. The van der Waals surface area contributed by atoms with Crippen LogP contribution in [0, 0.1) is 0 Å². The summed E-state index contributed by atoms with van der Waals surface area (Å²) in [6.07, 6.45) is 0. The molecule has 0 unspecified atom stereocenters. The van der Waals surface area contributed by atoms with Gasteiger partial charge in [-0.3, -0.25) is 5.01 Å². The van der Waals surface area contributed by atoms with Crippen LogP contribution in [0.3, 0.4) is 0 Å². The number of rotatable bonds is 6. The van der Waals surface area contributed by atoms with Gasteiger partial charge in [0.1, 0.15) is 0 Å². The topological polar surface area (TPSA) is 48.2 Å². The molecule has 4 heteroatoms. The minimum absolute atomic E-state index is 0.0481. The molecule has 1 N–H and O–H groups in total. The van der Waals surface area contributed by atoms with Gasteiger partial charge in [-0.05, 0) is 30.2 Å². The van der Waals surface area contributed by atoms with Gasteiger partial charge in [0.05, 0.1) is 18.8 Å². The van der Waals surface area contributed by atoms with Gasteiger partial charge in [-0.25, -0.2) is 0 Å². The SMILES string of the molecule is CCN(Cc1ccccc1)N=Nc1ccc(CO)cc1. The van der Waals surface area contributed by atoms with E-state index < -0.39 is 0 Å². The molecule has 0 saturated carbocycles. The molecule has 0 radical (unpaired) electrons. The summed E-state index contributed by atoms with van der Waals surface area (Å²) in [5.74, 6) is 0. The molecule has 2 aromatic carbocycles. The van der Waals surface area contributed by atoms with Crippen LogP contribution in [0.1, 0.15) is 18.1 Å². The highest BCUT2D eigenvalue weighted by Gasteiger charge is 2.00. The van der Waals surface area contributed by atoms with E-state index in [4.69, 9.17) is 5.11 Å². The van der Waals surface area contributed by atoms with E-state index in [1.807, 2.05) is 47.5 Å². The first-order chi connectivity index (χ1) is 9.81. The molecule has 0 bridgehead atoms.